The molecule has 0 unspecified atom stereocenters. The van der Waals surface area contributed by atoms with Crippen LogP contribution in [0.3, 0.4) is 0 Å². The monoisotopic (exact) mass is 534 g/mol. The van der Waals surface area contributed by atoms with Crippen molar-refractivity contribution in [3.63, 3.8) is 0 Å². The van der Waals surface area contributed by atoms with Crippen LogP contribution in [0.15, 0.2) is 133 Å². The Labute approximate surface area is 202 Å². The molecule has 0 amide bonds. The molecule has 0 spiro atoms. The van der Waals surface area contributed by atoms with E-state index >= 15 is 0 Å². The first-order valence-electron chi connectivity index (χ1n) is 10.1. The summed E-state index contributed by atoms with van der Waals surface area (Å²) in [6.45, 7) is 4.55. The van der Waals surface area contributed by atoms with Gasteiger partial charge in [0, 0.05) is 5.56 Å². The first kappa shape index (κ1) is 23.1. The SMILES string of the molecule is C=C(CC(=O)c1ccccc1)[P+](c1ccccc1)(c1ccccc1)c1ccccc1.[I-]. The summed E-state index contributed by atoms with van der Waals surface area (Å²) in [5, 5.41) is 4.62. The molecule has 0 atom stereocenters. The highest BCUT2D eigenvalue weighted by atomic mass is 127. The van der Waals surface area contributed by atoms with Crippen molar-refractivity contribution in [2.75, 3.05) is 0 Å². The first-order valence-corrected chi connectivity index (χ1v) is 11.8. The van der Waals surface area contributed by atoms with Crippen molar-refractivity contribution < 1.29 is 28.8 Å². The summed E-state index contributed by atoms with van der Waals surface area (Å²) in [7, 11) is -2.23. The van der Waals surface area contributed by atoms with Crippen LogP contribution in [-0.2, 0) is 0 Å². The van der Waals surface area contributed by atoms with E-state index in [0.29, 0.717) is 6.42 Å². The summed E-state index contributed by atoms with van der Waals surface area (Å²) >= 11 is 0. The Balaban J connectivity index is 0.00000272. The van der Waals surface area contributed by atoms with E-state index in [-0.39, 0.29) is 29.8 Å². The van der Waals surface area contributed by atoms with Crippen molar-refractivity contribution in [2.45, 2.75) is 6.42 Å². The fourth-order valence-electron chi connectivity index (χ4n) is 3.98. The Morgan fingerprint density at radius 1 is 0.581 bits per heavy atom. The number of carbonyl (C=O) groups excluding carboxylic acids is 1. The number of rotatable bonds is 7. The third-order valence-corrected chi connectivity index (χ3v) is 9.69. The van der Waals surface area contributed by atoms with Crippen LogP contribution >= 0.6 is 7.26 Å². The molecule has 0 fully saturated rings. The van der Waals surface area contributed by atoms with E-state index in [9.17, 15) is 4.79 Å². The van der Waals surface area contributed by atoms with Gasteiger partial charge in [-0.15, -0.1) is 0 Å². The first-order chi connectivity index (χ1) is 14.7. The van der Waals surface area contributed by atoms with E-state index in [0.717, 1.165) is 10.9 Å². The van der Waals surface area contributed by atoms with Gasteiger partial charge in [-0.05, 0) is 36.4 Å². The van der Waals surface area contributed by atoms with Gasteiger partial charge in [-0.3, -0.25) is 4.79 Å². The zero-order valence-electron chi connectivity index (χ0n) is 17.2. The highest BCUT2D eigenvalue weighted by Gasteiger charge is 2.48. The van der Waals surface area contributed by atoms with Gasteiger partial charge in [0.15, 0.2) is 5.78 Å². The number of halogens is 1. The Morgan fingerprint density at radius 2 is 0.903 bits per heavy atom. The predicted molar refractivity (Wildman–Crippen MR) is 130 cm³/mol. The Kier molecular flexibility index (Phi) is 7.95. The number of carbonyl (C=O) groups is 1. The van der Waals surface area contributed by atoms with Gasteiger partial charge < -0.3 is 24.0 Å². The second-order valence-corrected chi connectivity index (χ2v) is 10.7. The van der Waals surface area contributed by atoms with E-state index in [1.54, 1.807) is 0 Å². The molecule has 0 heterocycles. The number of hydrogen-bond acceptors (Lipinski definition) is 1. The molecule has 0 N–H and O–H groups in total. The molecule has 0 aliphatic rings. The normalized spacial score (nSPS) is 10.7. The molecular weight excluding hydrogens is 510 g/mol. The zero-order valence-corrected chi connectivity index (χ0v) is 20.2. The summed E-state index contributed by atoms with van der Waals surface area (Å²) in [6, 6.07) is 41.1. The van der Waals surface area contributed by atoms with Crippen LogP contribution in [0.2, 0.25) is 0 Å². The van der Waals surface area contributed by atoms with Crippen molar-refractivity contribution in [2.24, 2.45) is 0 Å². The third-order valence-electron chi connectivity index (χ3n) is 5.37. The summed E-state index contributed by atoms with van der Waals surface area (Å²) in [5.41, 5.74) is 0.728. The minimum Gasteiger partial charge on any atom is -1.00 e. The highest BCUT2D eigenvalue weighted by Crippen LogP contribution is 2.62. The second-order valence-electron chi connectivity index (χ2n) is 7.21. The van der Waals surface area contributed by atoms with Crippen molar-refractivity contribution in [1.29, 1.82) is 0 Å². The Bertz CT molecular complexity index is 1030. The quantitative estimate of drug-likeness (QED) is 0.203. The Hall–Kier alpha value is -2.55. The van der Waals surface area contributed by atoms with Gasteiger partial charge >= 0.3 is 0 Å². The largest absolute Gasteiger partial charge is 1.00 e. The lowest BCUT2D eigenvalue weighted by Gasteiger charge is -2.28. The molecule has 0 saturated carbocycles. The van der Waals surface area contributed by atoms with Gasteiger partial charge in [-0.25, -0.2) is 0 Å². The maximum Gasteiger partial charge on any atom is 0.170 e. The Morgan fingerprint density at radius 3 is 1.26 bits per heavy atom. The van der Waals surface area contributed by atoms with Crippen molar-refractivity contribution in [3.05, 3.63) is 139 Å². The summed E-state index contributed by atoms with van der Waals surface area (Å²) < 4.78 is 0. The zero-order chi connectivity index (χ0) is 20.8. The molecule has 154 valence electrons. The number of ketones is 1. The van der Waals surface area contributed by atoms with Gasteiger partial charge in [-0.1, -0.05) is 91.5 Å². The summed E-state index contributed by atoms with van der Waals surface area (Å²) in [5.74, 6) is 0.104. The van der Waals surface area contributed by atoms with Crippen LogP contribution in [0.4, 0.5) is 0 Å². The van der Waals surface area contributed by atoms with Crippen molar-refractivity contribution in [1.82, 2.24) is 0 Å². The van der Waals surface area contributed by atoms with Gasteiger partial charge in [-0.2, -0.15) is 0 Å². The van der Waals surface area contributed by atoms with E-state index in [1.165, 1.54) is 15.9 Å². The van der Waals surface area contributed by atoms with E-state index in [4.69, 9.17) is 0 Å². The smallest absolute Gasteiger partial charge is 0.170 e. The number of benzene rings is 4. The fraction of sp³-hybridized carbons (Fsp3) is 0.0357. The van der Waals surface area contributed by atoms with Crippen LogP contribution < -0.4 is 39.9 Å². The lowest BCUT2D eigenvalue weighted by molar-refractivity contribution is -0.0000137. The van der Waals surface area contributed by atoms with Gasteiger partial charge in [0.25, 0.3) is 0 Å². The minimum atomic E-state index is -2.23. The molecule has 0 bridgehead atoms. The van der Waals surface area contributed by atoms with E-state index < -0.39 is 7.26 Å². The van der Waals surface area contributed by atoms with Crippen LogP contribution in [0.1, 0.15) is 16.8 Å². The average Bonchev–Trinajstić information content (AvgIpc) is 2.82. The van der Waals surface area contributed by atoms with Crippen LogP contribution in [0, 0.1) is 0 Å². The average molecular weight is 534 g/mol. The number of Topliss-reactive ketones (excluding diaryl/α,β-unsaturated/α-hetero) is 1. The molecule has 31 heavy (non-hydrogen) atoms. The fourth-order valence-corrected chi connectivity index (χ4v) is 8.21. The summed E-state index contributed by atoms with van der Waals surface area (Å²) in [4.78, 5) is 13.2. The molecule has 0 saturated heterocycles. The molecule has 0 aliphatic carbocycles. The lowest BCUT2D eigenvalue weighted by Crippen LogP contribution is -3.00. The van der Waals surface area contributed by atoms with Crippen LogP contribution in [0.5, 0.6) is 0 Å². The highest BCUT2D eigenvalue weighted by molar-refractivity contribution is 7.99. The number of hydrogen-bond donors (Lipinski definition) is 0. The van der Waals surface area contributed by atoms with E-state index in [1.807, 2.05) is 48.5 Å². The van der Waals surface area contributed by atoms with E-state index in [2.05, 4.69) is 79.4 Å². The third kappa shape index (κ3) is 4.71. The molecule has 4 aromatic carbocycles. The van der Waals surface area contributed by atoms with Gasteiger partial charge in [0.1, 0.15) is 23.2 Å². The standard InChI is InChI=1S/C28H24OP.HI/c1-23(22-28(29)24-14-6-2-7-15-24)30(25-16-8-3-9-17-25,26-18-10-4-11-19-26)27-20-12-5-13-21-27;/h2-21H,1,22H2;1H/q+1;/p-1. The second kappa shape index (κ2) is 10.7. The van der Waals surface area contributed by atoms with Gasteiger partial charge in [0.2, 0.25) is 0 Å². The molecule has 3 heteroatoms. The molecule has 4 rings (SSSR count). The number of allylic oxidation sites excluding steroid dienone is 1. The predicted octanol–water partition coefficient (Wildman–Crippen LogP) is 2.77. The lowest BCUT2D eigenvalue weighted by atomic mass is 10.1. The topological polar surface area (TPSA) is 17.1 Å². The molecule has 0 aliphatic heterocycles. The molecular formula is C28H24IOP. The van der Waals surface area contributed by atoms with Crippen molar-refractivity contribution in [3.8, 4) is 0 Å². The molecule has 0 radical (unpaired) electrons. The van der Waals surface area contributed by atoms with Crippen molar-refractivity contribution >= 4 is 29.0 Å². The minimum absolute atomic E-state index is 0. The summed E-state index contributed by atoms with van der Waals surface area (Å²) in [6.07, 6.45) is 0.316. The molecule has 4 aromatic rings. The van der Waals surface area contributed by atoms with Crippen LogP contribution in [-0.4, -0.2) is 5.78 Å². The molecule has 0 aromatic heterocycles. The van der Waals surface area contributed by atoms with Gasteiger partial charge in [0.05, 0.1) is 11.7 Å². The maximum atomic E-state index is 13.2. The maximum absolute atomic E-state index is 13.2. The van der Waals surface area contributed by atoms with Crippen LogP contribution in [0.25, 0.3) is 0 Å². The molecule has 1 nitrogen and oxygen atoms in total.